The number of benzene rings is 2. The van der Waals surface area contributed by atoms with Crippen molar-refractivity contribution >= 4 is 16.5 Å². The zero-order valence-electron chi connectivity index (χ0n) is 11.9. The second-order valence-corrected chi connectivity index (χ2v) is 4.95. The van der Waals surface area contributed by atoms with E-state index in [1.54, 1.807) is 25.4 Å². The van der Waals surface area contributed by atoms with Crippen LogP contribution in [0.15, 0.2) is 42.6 Å². The first-order chi connectivity index (χ1) is 10.1. The highest BCUT2D eigenvalue weighted by molar-refractivity contribution is 6.02. The number of hydrogen-bond acceptors (Lipinski definition) is 4. The molecule has 1 heterocycles. The summed E-state index contributed by atoms with van der Waals surface area (Å²) in [5.41, 5.74) is 9.47. The third-order valence-electron chi connectivity index (χ3n) is 3.64. The van der Waals surface area contributed by atoms with Crippen molar-refractivity contribution < 1.29 is 9.84 Å². The van der Waals surface area contributed by atoms with Gasteiger partial charge in [-0.1, -0.05) is 18.2 Å². The number of fused-ring (bicyclic) bond motifs is 1. The SMILES string of the molecule is COc1ncc(-c2ccc(C)c(N)c2)c2c(O)cccc12. The lowest BCUT2D eigenvalue weighted by Crippen LogP contribution is -1.94. The Kier molecular flexibility index (Phi) is 3.14. The van der Waals surface area contributed by atoms with E-state index in [1.165, 1.54) is 0 Å². The van der Waals surface area contributed by atoms with Gasteiger partial charge in [0.1, 0.15) is 5.75 Å². The van der Waals surface area contributed by atoms with Crippen molar-refractivity contribution in [3.8, 4) is 22.8 Å². The van der Waals surface area contributed by atoms with Crippen molar-refractivity contribution in [2.75, 3.05) is 12.8 Å². The highest BCUT2D eigenvalue weighted by Crippen LogP contribution is 2.38. The van der Waals surface area contributed by atoms with E-state index in [1.807, 2.05) is 31.2 Å². The average Bonchev–Trinajstić information content (AvgIpc) is 2.49. The second kappa shape index (κ2) is 4.98. The Morgan fingerprint density at radius 1 is 1.19 bits per heavy atom. The predicted molar refractivity (Wildman–Crippen MR) is 84.5 cm³/mol. The molecular formula is C17H16N2O2. The van der Waals surface area contributed by atoms with E-state index in [-0.39, 0.29) is 5.75 Å². The molecule has 0 atom stereocenters. The van der Waals surface area contributed by atoms with Gasteiger partial charge >= 0.3 is 0 Å². The van der Waals surface area contributed by atoms with Gasteiger partial charge in [-0.3, -0.25) is 0 Å². The Labute approximate surface area is 122 Å². The van der Waals surface area contributed by atoms with Crippen LogP contribution in [0.2, 0.25) is 0 Å². The summed E-state index contributed by atoms with van der Waals surface area (Å²) in [6, 6.07) is 11.1. The molecule has 0 spiro atoms. The van der Waals surface area contributed by atoms with Crippen molar-refractivity contribution in [1.82, 2.24) is 4.98 Å². The van der Waals surface area contributed by atoms with Crippen molar-refractivity contribution in [2.24, 2.45) is 0 Å². The van der Waals surface area contributed by atoms with Crippen LogP contribution in [0.25, 0.3) is 21.9 Å². The molecule has 0 saturated heterocycles. The number of pyridine rings is 1. The lowest BCUT2D eigenvalue weighted by molar-refractivity contribution is 0.403. The molecule has 4 nitrogen and oxygen atoms in total. The molecule has 3 aromatic rings. The molecule has 1 aromatic heterocycles. The quantitative estimate of drug-likeness (QED) is 0.705. The summed E-state index contributed by atoms with van der Waals surface area (Å²) in [6.45, 7) is 1.96. The van der Waals surface area contributed by atoms with Crippen molar-refractivity contribution in [2.45, 2.75) is 6.92 Å². The Balaban J connectivity index is 2.35. The minimum Gasteiger partial charge on any atom is -0.507 e. The Bertz CT molecular complexity index is 828. The van der Waals surface area contributed by atoms with Gasteiger partial charge in [0, 0.05) is 28.2 Å². The minimum atomic E-state index is 0.197. The third kappa shape index (κ3) is 2.14. The van der Waals surface area contributed by atoms with Gasteiger partial charge in [-0.2, -0.15) is 0 Å². The van der Waals surface area contributed by atoms with Crippen LogP contribution < -0.4 is 10.5 Å². The van der Waals surface area contributed by atoms with Crippen molar-refractivity contribution in [3.63, 3.8) is 0 Å². The summed E-state index contributed by atoms with van der Waals surface area (Å²) in [7, 11) is 1.56. The van der Waals surface area contributed by atoms with Crippen LogP contribution in [-0.4, -0.2) is 17.2 Å². The maximum Gasteiger partial charge on any atom is 0.221 e. The van der Waals surface area contributed by atoms with Crippen LogP contribution in [0.4, 0.5) is 5.69 Å². The molecule has 0 aliphatic heterocycles. The molecule has 0 saturated carbocycles. The first-order valence-corrected chi connectivity index (χ1v) is 6.63. The number of aryl methyl sites for hydroxylation is 1. The summed E-state index contributed by atoms with van der Waals surface area (Å²) in [4.78, 5) is 4.32. The molecular weight excluding hydrogens is 264 g/mol. The summed E-state index contributed by atoms with van der Waals surface area (Å²) < 4.78 is 5.27. The number of nitrogen functional groups attached to an aromatic ring is 1. The summed E-state index contributed by atoms with van der Waals surface area (Å²) in [5.74, 6) is 0.687. The first-order valence-electron chi connectivity index (χ1n) is 6.63. The maximum atomic E-state index is 10.2. The third-order valence-corrected chi connectivity index (χ3v) is 3.64. The van der Waals surface area contributed by atoms with Crippen LogP contribution in [-0.2, 0) is 0 Å². The summed E-state index contributed by atoms with van der Waals surface area (Å²) in [6.07, 6.45) is 1.70. The molecule has 0 radical (unpaired) electrons. The van der Waals surface area contributed by atoms with E-state index in [9.17, 15) is 5.11 Å². The van der Waals surface area contributed by atoms with Crippen LogP contribution in [0.3, 0.4) is 0 Å². The fraction of sp³-hybridized carbons (Fsp3) is 0.118. The minimum absolute atomic E-state index is 0.197. The van der Waals surface area contributed by atoms with Gasteiger partial charge in [0.2, 0.25) is 5.88 Å². The molecule has 4 heteroatoms. The monoisotopic (exact) mass is 280 g/mol. The van der Waals surface area contributed by atoms with E-state index < -0.39 is 0 Å². The van der Waals surface area contributed by atoms with E-state index in [2.05, 4.69) is 4.98 Å². The Hall–Kier alpha value is -2.75. The molecule has 2 aromatic carbocycles. The predicted octanol–water partition coefficient (Wildman–Crippen LogP) is 3.51. The molecule has 0 aliphatic rings. The summed E-state index contributed by atoms with van der Waals surface area (Å²) >= 11 is 0. The molecule has 0 aliphatic carbocycles. The molecule has 0 amide bonds. The highest BCUT2D eigenvalue weighted by Gasteiger charge is 2.13. The molecule has 21 heavy (non-hydrogen) atoms. The van der Waals surface area contributed by atoms with Crippen LogP contribution >= 0.6 is 0 Å². The van der Waals surface area contributed by atoms with Crippen LogP contribution in [0.1, 0.15) is 5.56 Å². The molecule has 106 valence electrons. The molecule has 3 N–H and O–H groups in total. The molecule has 3 rings (SSSR count). The Morgan fingerprint density at radius 2 is 2.00 bits per heavy atom. The van der Waals surface area contributed by atoms with Gasteiger partial charge in [-0.25, -0.2) is 4.98 Å². The lowest BCUT2D eigenvalue weighted by atomic mass is 9.98. The standard InChI is InChI=1S/C17H16N2O2/c1-10-6-7-11(8-14(10)18)13-9-19-17(21-2)12-4-3-5-15(20)16(12)13/h3-9,20H,18H2,1-2H3. The topological polar surface area (TPSA) is 68.4 Å². The van der Waals surface area contributed by atoms with Crippen molar-refractivity contribution in [1.29, 1.82) is 0 Å². The number of methoxy groups -OCH3 is 1. The van der Waals surface area contributed by atoms with Gasteiger partial charge in [0.15, 0.2) is 0 Å². The van der Waals surface area contributed by atoms with Crippen LogP contribution in [0.5, 0.6) is 11.6 Å². The second-order valence-electron chi connectivity index (χ2n) is 4.95. The van der Waals surface area contributed by atoms with Gasteiger partial charge in [-0.05, 0) is 36.2 Å². The number of hydrogen-bond donors (Lipinski definition) is 2. The number of anilines is 1. The van der Waals surface area contributed by atoms with Gasteiger partial charge < -0.3 is 15.6 Å². The largest absolute Gasteiger partial charge is 0.507 e. The van der Waals surface area contributed by atoms with E-state index in [0.29, 0.717) is 17.0 Å². The number of rotatable bonds is 2. The number of phenols is 1. The maximum absolute atomic E-state index is 10.2. The summed E-state index contributed by atoms with van der Waals surface area (Å²) in [5, 5.41) is 11.7. The van der Waals surface area contributed by atoms with E-state index >= 15 is 0 Å². The Morgan fingerprint density at radius 3 is 2.71 bits per heavy atom. The number of aromatic hydroxyl groups is 1. The number of nitrogens with zero attached hydrogens (tertiary/aromatic N) is 1. The zero-order valence-corrected chi connectivity index (χ0v) is 11.9. The molecule has 0 unspecified atom stereocenters. The fourth-order valence-corrected chi connectivity index (χ4v) is 2.45. The van der Waals surface area contributed by atoms with Gasteiger partial charge in [-0.15, -0.1) is 0 Å². The zero-order chi connectivity index (χ0) is 15.0. The van der Waals surface area contributed by atoms with E-state index in [0.717, 1.165) is 22.1 Å². The van der Waals surface area contributed by atoms with Crippen LogP contribution in [0, 0.1) is 6.92 Å². The normalized spacial score (nSPS) is 10.8. The van der Waals surface area contributed by atoms with Gasteiger partial charge in [0.25, 0.3) is 0 Å². The average molecular weight is 280 g/mol. The van der Waals surface area contributed by atoms with E-state index in [4.69, 9.17) is 10.5 Å². The van der Waals surface area contributed by atoms with Gasteiger partial charge in [0.05, 0.1) is 7.11 Å². The number of aromatic nitrogens is 1. The number of nitrogens with two attached hydrogens (primary N) is 1. The smallest absolute Gasteiger partial charge is 0.221 e. The molecule has 0 fully saturated rings. The number of phenolic OH excluding ortho intramolecular Hbond substituents is 1. The van der Waals surface area contributed by atoms with Crippen molar-refractivity contribution in [3.05, 3.63) is 48.2 Å². The lowest BCUT2D eigenvalue weighted by Gasteiger charge is -2.12. The molecule has 0 bridgehead atoms. The first kappa shape index (κ1) is 13.2. The number of ether oxygens (including phenoxy) is 1. The highest BCUT2D eigenvalue weighted by atomic mass is 16.5. The fourth-order valence-electron chi connectivity index (χ4n) is 2.45.